The monoisotopic (exact) mass is 950 g/mol. The van der Waals surface area contributed by atoms with Crippen molar-refractivity contribution in [2.24, 2.45) is 0 Å². The first kappa shape index (κ1) is 60.6. The van der Waals surface area contributed by atoms with Gasteiger partial charge in [-0.05, 0) is 12.8 Å². The summed E-state index contributed by atoms with van der Waals surface area (Å²) in [6, 6.07) is 0. The maximum Gasteiger partial charge on any atom is 2.00 e. The van der Waals surface area contributed by atoms with Crippen LogP contribution in [0.3, 0.4) is 0 Å². The molecule has 2 rings (SSSR count). The second-order valence-electron chi connectivity index (χ2n) is 15.1. The van der Waals surface area contributed by atoms with Crippen LogP contribution < -0.4 is 0 Å². The van der Waals surface area contributed by atoms with Crippen LogP contribution in [0.1, 0.15) is 129 Å². The number of aliphatic hydroxyl groups excluding tert-OH is 6. The summed E-state index contributed by atoms with van der Waals surface area (Å²) in [5.74, 6) is -2.71. The van der Waals surface area contributed by atoms with E-state index in [1.54, 1.807) is 0 Å². The minimum Gasteiger partial charge on any atom is -0.748 e. The van der Waals surface area contributed by atoms with E-state index < -0.39 is 93.2 Å². The van der Waals surface area contributed by atoms with Gasteiger partial charge in [0.2, 0.25) is 0 Å². The van der Waals surface area contributed by atoms with Crippen LogP contribution in [0.5, 0.6) is 0 Å². The molecular formula is C38H70CaO20S2. The van der Waals surface area contributed by atoms with Crippen LogP contribution in [0, 0.1) is 0 Å². The Bertz CT molecular complexity index is 1270. The van der Waals surface area contributed by atoms with Gasteiger partial charge in [0.05, 0.1) is 58.2 Å². The molecule has 356 valence electrons. The molecule has 6 N–H and O–H groups in total. The van der Waals surface area contributed by atoms with E-state index in [0.717, 1.165) is 38.5 Å². The van der Waals surface area contributed by atoms with Gasteiger partial charge in [0, 0.05) is 25.7 Å². The van der Waals surface area contributed by atoms with Crippen LogP contribution in [0.15, 0.2) is 0 Å². The number of carbonyl (C=O) groups excluding carboxylic acids is 2. The molecule has 0 bridgehead atoms. The number of unbranched alkanes of at least 4 members (excludes halogenated alkanes) is 12. The maximum absolute atomic E-state index is 11.7. The van der Waals surface area contributed by atoms with Gasteiger partial charge in [0.1, 0.15) is 48.8 Å². The van der Waals surface area contributed by atoms with E-state index in [1.165, 1.54) is 51.4 Å². The Labute approximate surface area is 390 Å². The van der Waals surface area contributed by atoms with Crippen molar-refractivity contribution in [2.75, 3.05) is 37.9 Å². The third kappa shape index (κ3) is 28.3. The fourth-order valence-electron chi connectivity index (χ4n) is 6.27. The van der Waals surface area contributed by atoms with Crippen molar-refractivity contribution in [1.29, 1.82) is 0 Å². The molecule has 0 aromatic carbocycles. The molecule has 0 aliphatic carbocycles. The summed E-state index contributed by atoms with van der Waals surface area (Å²) < 4.78 is 96.2. The average molecular weight is 951 g/mol. The van der Waals surface area contributed by atoms with Crippen LogP contribution in [0.2, 0.25) is 0 Å². The summed E-state index contributed by atoms with van der Waals surface area (Å²) in [4.78, 5) is 23.4. The summed E-state index contributed by atoms with van der Waals surface area (Å²) in [5, 5.41) is 58.9. The Balaban J connectivity index is 0.00000116. The van der Waals surface area contributed by atoms with E-state index in [9.17, 15) is 66.2 Å². The molecule has 0 radical (unpaired) electrons. The summed E-state index contributed by atoms with van der Waals surface area (Å²) in [7, 11) is -9.43. The number of hydrogen-bond acceptors (Lipinski definition) is 20. The van der Waals surface area contributed by atoms with E-state index in [0.29, 0.717) is 25.7 Å². The van der Waals surface area contributed by atoms with Crippen molar-refractivity contribution in [3.63, 3.8) is 0 Å². The molecule has 23 heteroatoms. The molecule has 0 aromatic rings. The minimum absolute atomic E-state index is 0. The molecule has 10 atom stereocenters. The van der Waals surface area contributed by atoms with Gasteiger partial charge in [0.15, 0.2) is 12.6 Å². The van der Waals surface area contributed by atoms with Crippen LogP contribution in [-0.4, -0.2) is 206 Å². The number of hydrogen-bond donors (Lipinski definition) is 6. The number of ether oxygens (including phenoxy) is 6. The second kappa shape index (κ2) is 34.0. The van der Waals surface area contributed by atoms with Gasteiger partial charge in [-0.1, -0.05) is 90.9 Å². The molecular weight excluding hydrogens is 881 g/mol. The zero-order chi connectivity index (χ0) is 45.1. The number of aliphatic hydroxyl groups is 6. The number of carbonyl (C=O) groups is 2. The smallest absolute Gasteiger partial charge is 0.748 e. The number of rotatable bonds is 30. The van der Waals surface area contributed by atoms with Crippen molar-refractivity contribution < 1.29 is 94.6 Å². The number of esters is 2. The molecule has 0 saturated carbocycles. The van der Waals surface area contributed by atoms with Crippen molar-refractivity contribution >= 4 is 69.9 Å². The van der Waals surface area contributed by atoms with E-state index >= 15 is 0 Å². The van der Waals surface area contributed by atoms with Crippen LogP contribution in [-0.2, 0) is 58.2 Å². The first-order chi connectivity index (χ1) is 28.3. The standard InChI is InChI=1S/2C19H36O10S.Ca/c2*1-2-3-4-5-6-7-8-10-15(20)27-11-9-12-28-19-18(23)17(22)16(21)14(29-19)13-30(24,25)26;/h2*14,16-19,21-23H,2-13H2,1H3,(H,24,25,26);/q;;+2/p-2/t2*14-,16-,17+,18-,19+;/m11./s1. The molecule has 2 heterocycles. The Hall–Kier alpha value is -0.380. The fraction of sp³-hybridized carbons (Fsp3) is 0.947. The maximum atomic E-state index is 11.7. The molecule has 61 heavy (non-hydrogen) atoms. The molecule has 0 spiro atoms. The predicted molar refractivity (Wildman–Crippen MR) is 217 cm³/mol. The first-order valence-electron chi connectivity index (χ1n) is 21.1. The van der Waals surface area contributed by atoms with Crippen LogP contribution >= 0.6 is 0 Å². The molecule has 0 unspecified atom stereocenters. The molecule has 2 saturated heterocycles. The summed E-state index contributed by atoms with van der Waals surface area (Å²) in [6.45, 7) is 4.51. The minimum atomic E-state index is -4.72. The van der Waals surface area contributed by atoms with Gasteiger partial charge in [0.25, 0.3) is 0 Å². The van der Waals surface area contributed by atoms with Gasteiger partial charge in [-0.2, -0.15) is 0 Å². The molecule has 0 amide bonds. The third-order valence-electron chi connectivity index (χ3n) is 9.71. The van der Waals surface area contributed by atoms with E-state index in [4.69, 9.17) is 28.4 Å². The first-order valence-corrected chi connectivity index (χ1v) is 24.3. The average Bonchev–Trinajstić information content (AvgIpc) is 3.17. The van der Waals surface area contributed by atoms with E-state index in [1.807, 2.05) is 0 Å². The SMILES string of the molecule is CCCCCCCCCC(=O)OCCCO[C@H]1O[C@H](CS(=O)(=O)[O-])[C@@H](O)[C@H](O)[C@H]1O.CCCCCCCCCC(=O)OCCCO[C@H]1O[C@H](CS(=O)(=O)[O-])[C@@H](O)[C@H](O)[C@H]1O.[Ca+2]. The molecule has 2 aliphatic heterocycles. The third-order valence-corrected chi connectivity index (χ3v) is 11.2. The van der Waals surface area contributed by atoms with Gasteiger partial charge in [-0.3, -0.25) is 9.59 Å². The normalized spacial score (nSPS) is 26.7. The van der Waals surface area contributed by atoms with Crippen LogP contribution in [0.25, 0.3) is 0 Å². The van der Waals surface area contributed by atoms with E-state index in [-0.39, 0.29) is 76.1 Å². The summed E-state index contributed by atoms with van der Waals surface area (Å²) >= 11 is 0. The Kier molecular flexibility index (Phi) is 33.8. The quantitative estimate of drug-likeness (QED) is 0.0247. The largest absolute Gasteiger partial charge is 2.00 e. The topological polar surface area (TPSA) is 325 Å². The van der Waals surface area contributed by atoms with E-state index in [2.05, 4.69) is 13.8 Å². The van der Waals surface area contributed by atoms with Gasteiger partial charge in [-0.15, -0.1) is 0 Å². The Morgan fingerprint density at radius 3 is 1.10 bits per heavy atom. The fourth-order valence-corrected chi connectivity index (χ4v) is 7.63. The Morgan fingerprint density at radius 1 is 0.475 bits per heavy atom. The predicted octanol–water partition coefficient (Wildman–Crippen LogP) is 0.479. The van der Waals surface area contributed by atoms with Crippen molar-refractivity contribution in [3.8, 4) is 0 Å². The molecule has 20 nitrogen and oxygen atoms in total. The van der Waals surface area contributed by atoms with Crippen molar-refractivity contribution in [1.82, 2.24) is 0 Å². The zero-order valence-corrected chi connectivity index (χ0v) is 39.5. The van der Waals surface area contributed by atoms with Gasteiger partial charge in [-0.25, -0.2) is 16.8 Å². The molecule has 2 aliphatic rings. The van der Waals surface area contributed by atoms with Crippen molar-refractivity contribution in [3.05, 3.63) is 0 Å². The van der Waals surface area contributed by atoms with Gasteiger partial charge >= 0.3 is 49.7 Å². The van der Waals surface area contributed by atoms with Gasteiger partial charge < -0.3 is 68.2 Å². The summed E-state index contributed by atoms with van der Waals surface area (Å²) in [5.41, 5.74) is 0. The van der Waals surface area contributed by atoms with Crippen LogP contribution in [0.4, 0.5) is 0 Å². The van der Waals surface area contributed by atoms with Crippen molar-refractivity contribution in [2.45, 2.75) is 191 Å². The zero-order valence-electron chi connectivity index (χ0n) is 35.7. The molecule has 2 fully saturated rings. The Morgan fingerprint density at radius 2 is 0.787 bits per heavy atom. The second-order valence-corrected chi connectivity index (χ2v) is 18.0. The summed E-state index contributed by atoms with van der Waals surface area (Å²) in [6.07, 6.45) is 0.731. The molecule has 0 aromatic heterocycles.